The van der Waals surface area contributed by atoms with Crippen molar-refractivity contribution in [3.05, 3.63) is 23.1 Å². The number of nitrogens with two attached hydrogens (primary N) is 1. The molecule has 2 N–H and O–H groups in total. The average molecular weight is 223 g/mol. The number of hydrogen-bond donors (Lipinski definition) is 1. The Hall–Kier alpha value is -0.670. The van der Waals surface area contributed by atoms with Crippen molar-refractivity contribution in [2.45, 2.75) is 18.2 Å². The Labute approximate surface area is 92.3 Å². The lowest BCUT2D eigenvalue weighted by Gasteiger charge is -2.00. The van der Waals surface area contributed by atoms with Crippen LogP contribution < -0.4 is 5.73 Å². The van der Waals surface area contributed by atoms with Crippen molar-refractivity contribution in [3.8, 4) is 0 Å². The lowest BCUT2D eigenvalue weighted by molar-refractivity contribution is 1.19. The van der Waals surface area contributed by atoms with E-state index in [1.807, 2.05) is 11.3 Å². The molecule has 14 heavy (non-hydrogen) atoms. The highest BCUT2D eigenvalue weighted by atomic mass is 32.2. The lowest BCUT2D eigenvalue weighted by atomic mass is 10.2. The molecular formula is C11H13NS2. The molecule has 0 aliphatic rings. The largest absolute Gasteiger partial charge is 0.399 e. The van der Waals surface area contributed by atoms with Crippen molar-refractivity contribution in [1.29, 1.82) is 0 Å². The van der Waals surface area contributed by atoms with Gasteiger partial charge in [-0.25, -0.2) is 0 Å². The number of benzene rings is 1. The van der Waals surface area contributed by atoms with E-state index in [0.29, 0.717) is 0 Å². The first-order valence-corrected chi connectivity index (χ1v) is 6.64. The molecule has 0 bridgehead atoms. The molecule has 0 radical (unpaired) electrons. The van der Waals surface area contributed by atoms with Crippen LogP contribution in [0.1, 0.15) is 11.8 Å². The Morgan fingerprint density at radius 2 is 2.14 bits per heavy atom. The van der Waals surface area contributed by atoms with Gasteiger partial charge in [-0.05, 0) is 30.9 Å². The maximum atomic E-state index is 5.84. The standard InChI is InChI=1S/C11H13NS2/c1-3-8-6-9-10(13-2)4-7(12)5-11(9)14-8/h4-6H,3,12H2,1-2H3. The molecule has 1 aromatic carbocycles. The molecule has 0 saturated carbocycles. The van der Waals surface area contributed by atoms with E-state index in [1.54, 1.807) is 11.8 Å². The van der Waals surface area contributed by atoms with Crippen LogP contribution in [0.4, 0.5) is 5.69 Å². The van der Waals surface area contributed by atoms with Gasteiger partial charge in [0.25, 0.3) is 0 Å². The van der Waals surface area contributed by atoms with Gasteiger partial charge in [0, 0.05) is 25.5 Å². The maximum absolute atomic E-state index is 5.84. The van der Waals surface area contributed by atoms with Crippen molar-refractivity contribution < 1.29 is 0 Å². The molecule has 74 valence electrons. The van der Waals surface area contributed by atoms with E-state index < -0.39 is 0 Å². The van der Waals surface area contributed by atoms with Crippen LogP contribution in [0.15, 0.2) is 23.1 Å². The minimum atomic E-state index is 0.867. The van der Waals surface area contributed by atoms with E-state index in [2.05, 4.69) is 31.4 Å². The molecule has 1 nitrogen and oxygen atoms in total. The smallest absolute Gasteiger partial charge is 0.0377 e. The number of rotatable bonds is 2. The number of hydrogen-bond acceptors (Lipinski definition) is 3. The van der Waals surface area contributed by atoms with Crippen molar-refractivity contribution in [2.24, 2.45) is 0 Å². The third kappa shape index (κ3) is 1.62. The molecule has 1 aromatic heterocycles. The first-order valence-electron chi connectivity index (χ1n) is 4.60. The minimum Gasteiger partial charge on any atom is -0.399 e. The zero-order valence-corrected chi connectivity index (χ0v) is 9.97. The molecule has 0 atom stereocenters. The Morgan fingerprint density at radius 3 is 2.79 bits per heavy atom. The fourth-order valence-corrected chi connectivity index (χ4v) is 3.31. The van der Waals surface area contributed by atoms with Gasteiger partial charge >= 0.3 is 0 Å². The number of fused-ring (bicyclic) bond motifs is 1. The zero-order chi connectivity index (χ0) is 10.1. The number of thiophene rings is 1. The van der Waals surface area contributed by atoms with Gasteiger partial charge in [-0.1, -0.05) is 6.92 Å². The Bertz CT molecular complexity index is 460. The van der Waals surface area contributed by atoms with Crippen molar-refractivity contribution in [1.82, 2.24) is 0 Å². The van der Waals surface area contributed by atoms with Crippen LogP contribution in [0.5, 0.6) is 0 Å². The first kappa shape index (κ1) is 9.87. The predicted octanol–water partition coefficient (Wildman–Crippen LogP) is 3.77. The quantitative estimate of drug-likeness (QED) is 0.619. The minimum absolute atomic E-state index is 0.867. The molecule has 3 heteroatoms. The molecule has 1 heterocycles. The molecule has 0 aliphatic heterocycles. The number of thioether (sulfide) groups is 1. The van der Waals surface area contributed by atoms with Crippen molar-refractivity contribution in [2.75, 3.05) is 12.0 Å². The second-order valence-corrected chi connectivity index (χ2v) is 5.22. The van der Waals surface area contributed by atoms with Crippen LogP contribution in [0.3, 0.4) is 0 Å². The summed E-state index contributed by atoms with van der Waals surface area (Å²) in [4.78, 5) is 2.72. The van der Waals surface area contributed by atoms with Crippen LogP contribution in [0.2, 0.25) is 0 Å². The van der Waals surface area contributed by atoms with Crippen molar-refractivity contribution >= 4 is 38.9 Å². The van der Waals surface area contributed by atoms with Crippen LogP contribution in [0, 0.1) is 0 Å². The summed E-state index contributed by atoms with van der Waals surface area (Å²) >= 11 is 3.61. The first-order chi connectivity index (χ1) is 6.74. The summed E-state index contributed by atoms with van der Waals surface area (Å²) in [6, 6.07) is 6.41. The summed E-state index contributed by atoms with van der Waals surface area (Å²) in [7, 11) is 0. The van der Waals surface area contributed by atoms with Crippen LogP contribution in [-0.2, 0) is 6.42 Å². The van der Waals surface area contributed by atoms with Crippen LogP contribution in [0.25, 0.3) is 10.1 Å². The summed E-state index contributed by atoms with van der Waals surface area (Å²) in [6.45, 7) is 2.19. The molecule has 0 unspecified atom stereocenters. The van der Waals surface area contributed by atoms with Gasteiger partial charge in [0.15, 0.2) is 0 Å². The topological polar surface area (TPSA) is 26.0 Å². The molecule has 2 rings (SSSR count). The molecule has 0 aliphatic carbocycles. The van der Waals surface area contributed by atoms with E-state index in [0.717, 1.165) is 12.1 Å². The van der Waals surface area contributed by atoms with E-state index in [1.165, 1.54) is 19.9 Å². The summed E-state index contributed by atoms with van der Waals surface area (Å²) in [5.74, 6) is 0. The normalized spacial score (nSPS) is 11.0. The molecule has 2 aromatic rings. The summed E-state index contributed by atoms with van der Waals surface area (Å²) < 4.78 is 1.31. The number of anilines is 1. The highest BCUT2D eigenvalue weighted by molar-refractivity contribution is 7.98. The predicted molar refractivity (Wildman–Crippen MR) is 67.4 cm³/mol. The van der Waals surface area contributed by atoms with Crippen LogP contribution in [-0.4, -0.2) is 6.26 Å². The SMILES string of the molecule is CCc1cc2c(SC)cc(N)cc2s1. The molecular weight excluding hydrogens is 210 g/mol. The van der Waals surface area contributed by atoms with Gasteiger partial charge in [0.05, 0.1) is 0 Å². The zero-order valence-electron chi connectivity index (χ0n) is 8.33. The van der Waals surface area contributed by atoms with E-state index in [-0.39, 0.29) is 0 Å². The average Bonchev–Trinajstić information content (AvgIpc) is 2.59. The van der Waals surface area contributed by atoms with E-state index in [4.69, 9.17) is 5.73 Å². The number of nitrogen functional groups attached to an aromatic ring is 1. The molecule has 0 fully saturated rings. The van der Waals surface area contributed by atoms with Gasteiger partial charge in [-0.2, -0.15) is 0 Å². The van der Waals surface area contributed by atoms with Gasteiger partial charge < -0.3 is 5.73 Å². The Kier molecular flexibility index (Phi) is 2.70. The molecule has 0 spiro atoms. The van der Waals surface area contributed by atoms with Crippen molar-refractivity contribution in [3.63, 3.8) is 0 Å². The maximum Gasteiger partial charge on any atom is 0.0377 e. The lowest BCUT2D eigenvalue weighted by Crippen LogP contribution is -1.83. The Balaban J connectivity index is 2.71. The third-order valence-corrected chi connectivity index (χ3v) is 4.25. The second-order valence-electron chi connectivity index (χ2n) is 3.20. The highest BCUT2D eigenvalue weighted by Crippen LogP contribution is 2.35. The third-order valence-electron chi connectivity index (χ3n) is 2.24. The van der Waals surface area contributed by atoms with Gasteiger partial charge in [-0.3, -0.25) is 0 Å². The summed E-state index contributed by atoms with van der Waals surface area (Å²) in [6.07, 6.45) is 3.20. The van der Waals surface area contributed by atoms with E-state index in [9.17, 15) is 0 Å². The Morgan fingerprint density at radius 1 is 1.36 bits per heavy atom. The summed E-state index contributed by atoms with van der Waals surface area (Å²) in [5.41, 5.74) is 6.71. The van der Waals surface area contributed by atoms with Crippen LogP contribution >= 0.6 is 23.1 Å². The fourth-order valence-electron chi connectivity index (χ4n) is 1.52. The fraction of sp³-hybridized carbons (Fsp3) is 0.273. The molecule has 0 amide bonds. The monoisotopic (exact) mass is 223 g/mol. The number of aryl methyl sites for hydroxylation is 1. The molecule has 0 saturated heterocycles. The second kappa shape index (κ2) is 3.83. The van der Waals surface area contributed by atoms with Gasteiger partial charge in [-0.15, -0.1) is 23.1 Å². The van der Waals surface area contributed by atoms with Gasteiger partial charge in [0.2, 0.25) is 0 Å². The van der Waals surface area contributed by atoms with E-state index >= 15 is 0 Å². The highest BCUT2D eigenvalue weighted by Gasteiger charge is 2.05. The summed E-state index contributed by atoms with van der Waals surface area (Å²) in [5, 5.41) is 1.36. The van der Waals surface area contributed by atoms with Gasteiger partial charge in [0.1, 0.15) is 0 Å².